The number of benzene rings is 1. The van der Waals surface area contributed by atoms with E-state index in [1.807, 2.05) is 24.4 Å². The van der Waals surface area contributed by atoms with Gasteiger partial charge in [-0.2, -0.15) is 0 Å². The van der Waals surface area contributed by atoms with Crippen molar-refractivity contribution < 1.29 is 14.3 Å². The number of aromatic amines is 1. The molecule has 1 aromatic carbocycles. The van der Waals surface area contributed by atoms with Gasteiger partial charge >= 0.3 is 0 Å². The summed E-state index contributed by atoms with van der Waals surface area (Å²) in [4.78, 5) is 20.4. The molecule has 4 rings (SSSR count). The van der Waals surface area contributed by atoms with Crippen molar-refractivity contribution in [2.24, 2.45) is 5.92 Å². The average Bonchev–Trinajstić information content (AvgIpc) is 3.33. The molecule has 1 aliphatic carbocycles. The summed E-state index contributed by atoms with van der Waals surface area (Å²) < 4.78 is 12.6. The molecule has 0 bridgehead atoms. The average molecular weight is 419 g/mol. The molecular weight excluding hydrogens is 396 g/mol. The number of aromatic nitrogens is 2. The number of ether oxygens (including phenoxy) is 2. The van der Waals surface area contributed by atoms with Gasteiger partial charge in [-0.1, -0.05) is 34.1 Å². The highest BCUT2D eigenvalue weighted by molar-refractivity contribution is 9.10. The monoisotopic (exact) mass is 418 g/mol. The van der Waals surface area contributed by atoms with E-state index >= 15 is 0 Å². The van der Waals surface area contributed by atoms with Crippen LogP contribution >= 0.6 is 15.9 Å². The normalized spacial score (nSPS) is 21.1. The second-order valence-electron chi connectivity index (χ2n) is 7.13. The lowest BCUT2D eigenvalue weighted by Gasteiger charge is -2.35. The van der Waals surface area contributed by atoms with Crippen LogP contribution in [0.5, 0.6) is 0 Å². The summed E-state index contributed by atoms with van der Waals surface area (Å²) in [5.41, 5.74) is 2.08. The third-order valence-electron chi connectivity index (χ3n) is 5.60. The number of halogens is 1. The van der Waals surface area contributed by atoms with E-state index in [4.69, 9.17) is 9.47 Å². The topological polar surface area (TPSA) is 64.2 Å². The number of H-pyrrole nitrogens is 1. The molecule has 138 valence electrons. The number of ketones is 1. The fraction of sp³-hybridized carbons (Fsp3) is 0.500. The SMILES string of the molecule is O=C(CC(c1cnc[nH]1)c1ccccc1Br)C1CCC2(CC1)OCCO2. The Morgan fingerprint density at radius 2 is 2.00 bits per heavy atom. The maximum atomic E-state index is 13.1. The zero-order valence-corrected chi connectivity index (χ0v) is 16.2. The Balaban J connectivity index is 1.48. The fourth-order valence-corrected chi connectivity index (χ4v) is 4.70. The Kier molecular flexibility index (Phi) is 5.25. The maximum Gasteiger partial charge on any atom is 0.168 e. The largest absolute Gasteiger partial charge is 0.348 e. The van der Waals surface area contributed by atoms with Gasteiger partial charge in [0.25, 0.3) is 0 Å². The van der Waals surface area contributed by atoms with E-state index in [1.165, 1.54) is 0 Å². The van der Waals surface area contributed by atoms with Crippen LogP contribution in [0, 0.1) is 5.92 Å². The molecule has 2 aromatic rings. The number of carbonyl (C=O) groups excluding carboxylic acids is 1. The van der Waals surface area contributed by atoms with Crippen LogP contribution in [0.1, 0.15) is 49.3 Å². The van der Waals surface area contributed by atoms with Gasteiger partial charge in [0.1, 0.15) is 5.78 Å². The van der Waals surface area contributed by atoms with Crippen molar-refractivity contribution in [3.05, 3.63) is 52.5 Å². The molecule has 1 aliphatic heterocycles. The second kappa shape index (κ2) is 7.62. The molecule has 0 amide bonds. The van der Waals surface area contributed by atoms with E-state index in [-0.39, 0.29) is 11.8 Å². The van der Waals surface area contributed by atoms with Crippen molar-refractivity contribution in [1.29, 1.82) is 0 Å². The first-order valence-corrected chi connectivity index (χ1v) is 9.99. The quantitative estimate of drug-likeness (QED) is 0.789. The molecule has 1 saturated heterocycles. The first kappa shape index (κ1) is 17.9. The molecule has 26 heavy (non-hydrogen) atoms. The number of hydrogen-bond acceptors (Lipinski definition) is 4. The summed E-state index contributed by atoms with van der Waals surface area (Å²) >= 11 is 3.63. The predicted octanol–water partition coefficient (Wildman–Crippen LogP) is 4.20. The third kappa shape index (κ3) is 3.63. The van der Waals surface area contributed by atoms with E-state index in [9.17, 15) is 4.79 Å². The summed E-state index contributed by atoms with van der Waals surface area (Å²) in [5.74, 6) is -0.0351. The molecule has 2 aliphatic rings. The molecule has 1 spiro atoms. The number of Topliss-reactive ketones (excluding diaryl/α,β-unsaturated/α-hetero) is 1. The van der Waals surface area contributed by atoms with Gasteiger partial charge in [-0.15, -0.1) is 0 Å². The molecule has 1 aromatic heterocycles. The lowest BCUT2D eigenvalue weighted by Crippen LogP contribution is -2.37. The van der Waals surface area contributed by atoms with Crippen LogP contribution in [0.2, 0.25) is 0 Å². The van der Waals surface area contributed by atoms with E-state index < -0.39 is 5.79 Å². The highest BCUT2D eigenvalue weighted by Crippen LogP contribution is 2.40. The number of nitrogens with zero attached hydrogens (tertiary/aromatic N) is 1. The van der Waals surface area contributed by atoms with Crippen molar-refractivity contribution in [3.63, 3.8) is 0 Å². The summed E-state index contributed by atoms with van der Waals surface area (Å²) in [6.45, 7) is 1.34. The Labute approximate surface area is 161 Å². The summed E-state index contributed by atoms with van der Waals surface area (Å²) in [6.07, 6.45) is 7.26. The first-order chi connectivity index (χ1) is 12.7. The fourth-order valence-electron chi connectivity index (χ4n) is 4.14. The van der Waals surface area contributed by atoms with Crippen LogP contribution in [-0.4, -0.2) is 34.8 Å². The van der Waals surface area contributed by atoms with Crippen LogP contribution in [0.3, 0.4) is 0 Å². The lowest BCUT2D eigenvalue weighted by atomic mass is 9.79. The molecule has 1 atom stereocenters. The number of carbonyl (C=O) groups is 1. The van der Waals surface area contributed by atoms with Crippen molar-refractivity contribution in [1.82, 2.24) is 9.97 Å². The highest BCUT2D eigenvalue weighted by atomic mass is 79.9. The molecule has 0 radical (unpaired) electrons. The number of rotatable bonds is 5. The van der Waals surface area contributed by atoms with Crippen LogP contribution in [0.15, 0.2) is 41.3 Å². The van der Waals surface area contributed by atoms with Gasteiger partial charge in [-0.05, 0) is 24.5 Å². The van der Waals surface area contributed by atoms with E-state index in [0.29, 0.717) is 25.4 Å². The molecule has 1 unspecified atom stereocenters. The molecular formula is C20H23BrN2O3. The number of nitrogens with one attached hydrogen (secondary N) is 1. The van der Waals surface area contributed by atoms with Crippen LogP contribution < -0.4 is 0 Å². The van der Waals surface area contributed by atoms with Crippen molar-refractivity contribution in [2.45, 2.75) is 43.8 Å². The minimum absolute atomic E-state index is 0.0181. The lowest BCUT2D eigenvalue weighted by molar-refractivity contribution is -0.183. The molecule has 6 heteroatoms. The van der Waals surface area contributed by atoms with Crippen molar-refractivity contribution in [2.75, 3.05) is 13.2 Å². The first-order valence-electron chi connectivity index (χ1n) is 9.20. The summed E-state index contributed by atoms with van der Waals surface area (Å²) in [5, 5.41) is 0. The number of hydrogen-bond donors (Lipinski definition) is 1. The zero-order chi connectivity index (χ0) is 18.0. The Morgan fingerprint density at radius 1 is 1.27 bits per heavy atom. The maximum absolute atomic E-state index is 13.1. The summed E-state index contributed by atoms with van der Waals surface area (Å²) in [6, 6.07) is 8.08. The Morgan fingerprint density at radius 3 is 2.65 bits per heavy atom. The van der Waals surface area contributed by atoms with Crippen molar-refractivity contribution in [3.8, 4) is 0 Å². The molecule has 2 fully saturated rings. The van der Waals surface area contributed by atoms with Gasteiger partial charge in [-0.3, -0.25) is 4.79 Å². The van der Waals surface area contributed by atoms with Gasteiger partial charge in [0, 0.05) is 47.5 Å². The predicted molar refractivity (Wildman–Crippen MR) is 101 cm³/mol. The van der Waals surface area contributed by atoms with Gasteiger partial charge in [0.05, 0.1) is 19.5 Å². The van der Waals surface area contributed by atoms with E-state index in [2.05, 4.69) is 32.0 Å². The van der Waals surface area contributed by atoms with E-state index in [1.54, 1.807) is 6.33 Å². The zero-order valence-electron chi connectivity index (χ0n) is 14.6. The van der Waals surface area contributed by atoms with Crippen LogP contribution in [0.4, 0.5) is 0 Å². The highest BCUT2D eigenvalue weighted by Gasteiger charge is 2.42. The van der Waals surface area contributed by atoms with Crippen LogP contribution in [-0.2, 0) is 14.3 Å². The Hall–Kier alpha value is -1.50. The van der Waals surface area contributed by atoms with Crippen LogP contribution in [0.25, 0.3) is 0 Å². The molecule has 2 heterocycles. The second-order valence-corrected chi connectivity index (χ2v) is 7.99. The van der Waals surface area contributed by atoms with Gasteiger partial charge < -0.3 is 14.5 Å². The Bertz CT molecular complexity index is 746. The number of imidazole rings is 1. The molecule has 1 N–H and O–H groups in total. The standard InChI is InChI=1S/C20H23BrN2O3/c21-17-4-2-1-3-15(17)16(18-12-22-13-23-18)11-19(24)14-5-7-20(8-6-14)25-9-10-26-20/h1-4,12-14,16H,5-11H2,(H,22,23). The van der Waals surface area contributed by atoms with Gasteiger partial charge in [0.2, 0.25) is 0 Å². The molecule has 5 nitrogen and oxygen atoms in total. The molecule has 1 saturated carbocycles. The third-order valence-corrected chi connectivity index (χ3v) is 6.32. The van der Waals surface area contributed by atoms with Gasteiger partial charge in [-0.25, -0.2) is 4.98 Å². The summed E-state index contributed by atoms with van der Waals surface area (Å²) in [7, 11) is 0. The van der Waals surface area contributed by atoms with E-state index in [0.717, 1.165) is 41.4 Å². The van der Waals surface area contributed by atoms with Gasteiger partial charge in [0.15, 0.2) is 5.79 Å². The smallest absolute Gasteiger partial charge is 0.168 e. The van der Waals surface area contributed by atoms with Crippen molar-refractivity contribution >= 4 is 21.7 Å². The minimum atomic E-state index is -0.415. The minimum Gasteiger partial charge on any atom is -0.348 e.